The molecule has 1 atom stereocenters. The van der Waals surface area contributed by atoms with Crippen LogP contribution in [0.25, 0.3) is 0 Å². The van der Waals surface area contributed by atoms with E-state index in [1.807, 2.05) is 24.3 Å². The fourth-order valence-corrected chi connectivity index (χ4v) is 4.74. The highest BCUT2D eigenvalue weighted by Crippen LogP contribution is 2.34. The molecule has 3 heterocycles. The van der Waals surface area contributed by atoms with E-state index in [-0.39, 0.29) is 17.6 Å². The number of hydrogen-bond donors (Lipinski definition) is 1. The minimum Gasteiger partial charge on any atom is -0.502 e. The molecule has 31 heavy (non-hydrogen) atoms. The average Bonchev–Trinajstić information content (AvgIpc) is 2.82. The lowest BCUT2D eigenvalue weighted by atomic mass is 9.91. The van der Waals surface area contributed by atoms with Gasteiger partial charge in [0, 0.05) is 18.8 Å². The minimum absolute atomic E-state index is 0.0383. The first-order chi connectivity index (χ1) is 15.1. The van der Waals surface area contributed by atoms with Gasteiger partial charge in [0.2, 0.25) is 5.43 Å². The Morgan fingerprint density at radius 1 is 0.871 bits per heavy atom. The monoisotopic (exact) mass is 415 g/mol. The molecule has 1 amide bonds. The van der Waals surface area contributed by atoms with E-state index in [1.165, 1.54) is 17.2 Å². The molecular weight excluding hydrogens is 390 g/mol. The fourth-order valence-electron chi connectivity index (χ4n) is 4.74. The van der Waals surface area contributed by atoms with Crippen molar-refractivity contribution in [2.45, 2.75) is 31.7 Å². The molecule has 0 saturated heterocycles. The van der Waals surface area contributed by atoms with Gasteiger partial charge in [-0.2, -0.15) is 0 Å². The van der Waals surface area contributed by atoms with Crippen molar-refractivity contribution in [3.63, 3.8) is 0 Å². The van der Waals surface area contributed by atoms with Crippen molar-refractivity contribution in [3.05, 3.63) is 99.5 Å². The Morgan fingerprint density at radius 2 is 1.65 bits per heavy atom. The van der Waals surface area contributed by atoms with Crippen molar-refractivity contribution in [1.82, 2.24) is 9.58 Å². The summed E-state index contributed by atoms with van der Waals surface area (Å²) in [7, 11) is 0. The van der Waals surface area contributed by atoms with Crippen molar-refractivity contribution in [3.8, 4) is 5.75 Å². The van der Waals surface area contributed by atoms with Gasteiger partial charge in [0.15, 0.2) is 11.4 Å². The third kappa shape index (κ3) is 3.38. The average molecular weight is 415 g/mol. The highest BCUT2D eigenvalue weighted by atomic mass is 16.3. The quantitative estimate of drug-likeness (QED) is 0.661. The largest absolute Gasteiger partial charge is 0.502 e. The van der Waals surface area contributed by atoms with Gasteiger partial charge in [-0.3, -0.25) is 19.3 Å². The highest BCUT2D eigenvalue weighted by Gasteiger charge is 2.36. The van der Waals surface area contributed by atoms with Gasteiger partial charge < -0.3 is 10.0 Å². The summed E-state index contributed by atoms with van der Waals surface area (Å²) < 4.78 is 1.67. The number of aryl methyl sites for hydroxylation is 1. The molecule has 2 aliphatic heterocycles. The van der Waals surface area contributed by atoms with Crippen molar-refractivity contribution in [2.75, 3.05) is 18.2 Å². The van der Waals surface area contributed by atoms with Gasteiger partial charge in [-0.05, 0) is 36.0 Å². The van der Waals surface area contributed by atoms with Crippen molar-refractivity contribution in [2.24, 2.45) is 0 Å². The number of pyridine rings is 1. The lowest BCUT2D eigenvalue weighted by molar-refractivity contribution is 0.0677. The molecule has 0 spiro atoms. The molecule has 6 heteroatoms. The normalized spacial score (nSPS) is 18.7. The van der Waals surface area contributed by atoms with E-state index in [2.05, 4.69) is 35.3 Å². The molecular formula is C25H25N3O3. The van der Waals surface area contributed by atoms with Gasteiger partial charge in [0.05, 0.1) is 6.04 Å². The molecule has 0 unspecified atom stereocenters. The molecule has 5 rings (SSSR count). The van der Waals surface area contributed by atoms with Gasteiger partial charge >= 0.3 is 0 Å². The maximum Gasteiger partial charge on any atom is 0.277 e. The number of carbonyl (C=O) groups is 1. The number of fused-ring (bicyclic) bond motifs is 5. The van der Waals surface area contributed by atoms with E-state index in [9.17, 15) is 14.7 Å². The van der Waals surface area contributed by atoms with Crippen LogP contribution in [0.5, 0.6) is 5.75 Å². The molecule has 3 aromatic rings. The molecule has 0 fully saturated rings. The molecule has 2 aliphatic rings. The Labute approximate surface area is 180 Å². The summed E-state index contributed by atoms with van der Waals surface area (Å²) >= 11 is 0. The van der Waals surface area contributed by atoms with Crippen LogP contribution in [-0.4, -0.2) is 33.8 Å². The zero-order chi connectivity index (χ0) is 21.4. The Hall–Kier alpha value is -3.54. The maximum absolute atomic E-state index is 13.2. The number of rotatable bonds is 1. The van der Waals surface area contributed by atoms with E-state index in [0.29, 0.717) is 13.2 Å². The van der Waals surface area contributed by atoms with Crippen LogP contribution < -0.4 is 10.4 Å². The van der Waals surface area contributed by atoms with Crippen molar-refractivity contribution < 1.29 is 9.90 Å². The predicted molar refractivity (Wildman–Crippen MR) is 119 cm³/mol. The number of nitrogens with zero attached hydrogens (tertiary/aromatic N) is 3. The summed E-state index contributed by atoms with van der Waals surface area (Å²) in [5, 5.41) is 12.6. The van der Waals surface area contributed by atoms with Gasteiger partial charge in [0.1, 0.15) is 6.67 Å². The Bertz CT molecular complexity index is 1170. The Morgan fingerprint density at radius 3 is 2.48 bits per heavy atom. The second kappa shape index (κ2) is 7.95. The molecule has 6 nitrogen and oxygen atoms in total. The number of aromatic hydroxyl groups is 1. The molecule has 0 saturated carbocycles. The number of carbonyl (C=O) groups excluding carboxylic acids is 1. The number of aromatic nitrogens is 1. The van der Waals surface area contributed by atoms with Crippen LogP contribution in [0.1, 0.15) is 52.5 Å². The second-order valence-corrected chi connectivity index (χ2v) is 8.19. The third-order valence-corrected chi connectivity index (χ3v) is 6.27. The van der Waals surface area contributed by atoms with Crippen LogP contribution in [-0.2, 0) is 6.42 Å². The van der Waals surface area contributed by atoms with E-state index in [4.69, 9.17) is 0 Å². The van der Waals surface area contributed by atoms with Gasteiger partial charge in [-0.25, -0.2) is 0 Å². The summed E-state index contributed by atoms with van der Waals surface area (Å²) in [5.41, 5.74) is 3.05. The first kappa shape index (κ1) is 19.4. The van der Waals surface area contributed by atoms with E-state index in [0.717, 1.165) is 31.2 Å². The standard InChI is InChI=1S/C25H25N3O3/c29-21-14-16-27-23(24(21)30)25(31)26-15-8-2-5-9-18-10-6-7-13-20(18)22(28(27)17-26)19-11-3-1-4-12-19/h1,3-4,6-7,10-14,16,22,30H,2,5,8-9,15,17H2/t22-/m0/s1. The lowest BCUT2D eigenvalue weighted by Gasteiger charge is -2.44. The van der Waals surface area contributed by atoms with Crippen LogP contribution >= 0.6 is 0 Å². The number of amides is 1. The first-order valence-electron chi connectivity index (χ1n) is 10.8. The summed E-state index contributed by atoms with van der Waals surface area (Å²) in [6, 6.07) is 19.8. The summed E-state index contributed by atoms with van der Waals surface area (Å²) in [6.45, 7) is 0.970. The Kier molecular flexibility index (Phi) is 4.98. The van der Waals surface area contributed by atoms with Gasteiger partial charge in [-0.15, -0.1) is 0 Å². The van der Waals surface area contributed by atoms with Crippen LogP contribution in [0.15, 0.2) is 71.7 Å². The van der Waals surface area contributed by atoms with Crippen LogP contribution in [0.3, 0.4) is 0 Å². The number of hydrogen-bond acceptors (Lipinski definition) is 4. The van der Waals surface area contributed by atoms with Gasteiger partial charge in [0.25, 0.3) is 5.91 Å². The summed E-state index contributed by atoms with van der Waals surface area (Å²) in [5.74, 6) is -0.789. The summed E-state index contributed by atoms with van der Waals surface area (Å²) in [6.07, 6.45) is 5.53. The summed E-state index contributed by atoms with van der Waals surface area (Å²) in [4.78, 5) is 27.2. The van der Waals surface area contributed by atoms with Crippen LogP contribution in [0, 0.1) is 0 Å². The fraction of sp³-hybridized carbons (Fsp3) is 0.280. The van der Waals surface area contributed by atoms with Crippen LogP contribution in [0.4, 0.5) is 0 Å². The zero-order valence-corrected chi connectivity index (χ0v) is 17.3. The zero-order valence-electron chi connectivity index (χ0n) is 17.3. The van der Waals surface area contributed by atoms with Gasteiger partial charge in [-0.1, -0.05) is 61.0 Å². The first-order valence-corrected chi connectivity index (χ1v) is 10.8. The third-order valence-electron chi connectivity index (χ3n) is 6.27. The minimum atomic E-state index is -0.539. The second-order valence-electron chi connectivity index (χ2n) is 8.19. The SMILES string of the molecule is O=C1c2c(O)c(=O)ccn2N2CN1CCCCCc1ccccc1[C@@H]2c1ccccc1. The molecule has 0 radical (unpaired) electrons. The van der Waals surface area contributed by atoms with Crippen molar-refractivity contribution >= 4 is 5.91 Å². The van der Waals surface area contributed by atoms with Crippen LogP contribution in [0.2, 0.25) is 0 Å². The van der Waals surface area contributed by atoms with E-state index >= 15 is 0 Å². The molecule has 1 aromatic heterocycles. The predicted octanol–water partition coefficient (Wildman–Crippen LogP) is 3.42. The lowest BCUT2D eigenvalue weighted by Crippen LogP contribution is -2.55. The van der Waals surface area contributed by atoms with E-state index < -0.39 is 11.2 Å². The van der Waals surface area contributed by atoms with E-state index in [1.54, 1.807) is 15.8 Å². The smallest absolute Gasteiger partial charge is 0.277 e. The highest BCUT2D eigenvalue weighted by molar-refractivity contribution is 5.96. The molecule has 158 valence electrons. The topological polar surface area (TPSA) is 65.8 Å². The molecule has 1 N–H and O–H groups in total. The molecule has 0 aliphatic carbocycles. The molecule has 2 aromatic carbocycles. The Balaban J connectivity index is 1.78. The number of benzene rings is 2. The maximum atomic E-state index is 13.2. The van der Waals surface area contributed by atoms with Crippen molar-refractivity contribution in [1.29, 1.82) is 0 Å². The molecule has 2 bridgehead atoms.